The summed E-state index contributed by atoms with van der Waals surface area (Å²) in [5.74, 6) is 0. The maximum Gasteiger partial charge on any atom is 0.171 e. The third kappa shape index (κ3) is 5.04. The molecular weight excluding hydrogens is 342 g/mol. The molecule has 1 fully saturated rings. The number of hydrogen-bond acceptors (Lipinski definition) is 2. The predicted molar refractivity (Wildman–Crippen MR) is 111 cm³/mol. The molecule has 0 aromatic heterocycles. The van der Waals surface area contributed by atoms with Crippen molar-refractivity contribution in [2.24, 2.45) is 0 Å². The first kappa shape index (κ1) is 18.8. The fourth-order valence-electron chi connectivity index (χ4n) is 3.24. The van der Waals surface area contributed by atoms with E-state index >= 15 is 0 Å². The van der Waals surface area contributed by atoms with Gasteiger partial charge < -0.3 is 20.3 Å². The molecular formula is C21H28N3OS+. The zero-order chi connectivity index (χ0) is 18.4. The highest BCUT2D eigenvalue weighted by atomic mass is 32.1. The molecule has 4 nitrogen and oxygen atoms in total. The van der Waals surface area contributed by atoms with Gasteiger partial charge in [-0.3, -0.25) is 0 Å². The Kier molecular flexibility index (Phi) is 6.61. The lowest BCUT2D eigenvalue weighted by atomic mass is 10.1. The largest absolute Gasteiger partial charge is 0.370 e. The number of thiocarbonyl (C=S) groups is 1. The van der Waals surface area contributed by atoms with Crippen LogP contribution in [0.1, 0.15) is 22.3 Å². The van der Waals surface area contributed by atoms with E-state index in [-0.39, 0.29) is 0 Å². The van der Waals surface area contributed by atoms with Crippen LogP contribution in [0.2, 0.25) is 0 Å². The average Bonchev–Trinajstić information content (AvgIpc) is 2.66. The molecule has 0 amide bonds. The molecule has 1 heterocycles. The van der Waals surface area contributed by atoms with Crippen LogP contribution in [0.3, 0.4) is 0 Å². The molecule has 1 aliphatic rings. The Morgan fingerprint density at radius 2 is 1.77 bits per heavy atom. The number of rotatable bonds is 5. The van der Waals surface area contributed by atoms with E-state index in [2.05, 4.69) is 60.9 Å². The Balaban J connectivity index is 1.58. The second kappa shape index (κ2) is 9.12. The molecule has 0 radical (unpaired) electrons. The van der Waals surface area contributed by atoms with Crippen molar-refractivity contribution >= 4 is 23.0 Å². The van der Waals surface area contributed by atoms with Crippen molar-refractivity contribution in [3.63, 3.8) is 0 Å². The maximum atomic E-state index is 5.50. The van der Waals surface area contributed by atoms with Gasteiger partial charge in [0.2, 0.25) is 0 Å². The first-order valence-corrected chi connectivity index (χ1v) is 9.63. The van der Waals surface area contributed by atoms with Gasteiger partial charge in [-0.1, -0.05) is 36.4 Å². The van der Waals surface area contributed by atoms with E-state index in [1.807, 2.05) is 6.07 Å². The van der Waals surface area contributed by atoms with Crippen molar-refractivity contribution in [1.29, 1.82) is 0 Å². The third-order valence-corrected chi connectivity index (χ3v) is 5.30. The Morgan fingerprint density at radius 3 is 2.54 bits per heavy atom. The van der Waals surface area contributed by atoms with Crippen LogP contribution in [0.25, 0.3) is 0 Å². The third-order valence-electron chi connectivity index (χ3n) is 5.05. The maximum absolute atomic E-state index is 5.50. The number of quaternary nitrogens is 1. The van der Waals surface area contributed by atoms with Crippen molar-refractivity contribution in [1.82, 2.24) is 5.32 Å². The van der Waals surface area contributed by atoms with Crippen LogP contribution in [-0.2, 0) is 17.8 Å². The van der Waals surface area contributed by atoms with Crippen LogP contribution in [0.15, 0.2) is 42.5 Å². The van der Waals surface area contributed by atoms with Gasteiger partial charge in [-0.15, -0.1) is 0 Å². The van der Waals surface area contributed by atoms with Gasteiger partial charge in [-0.25, -0.2) is 0 Å². The van der Waals surface area contributed by atoms with Gasteiger partial charge in [-0.2, -0.15) is 0 Å². The Morgan fingerprint density at radius 1 is 1.04 bits per heavy atom. The zero-order valence-corrected chi connectivity index (χ0v) is 16.4. The van der Waals surface area contributed by atoms with Gasteiger partial charge in [0, 0.05) is 17.8 Å². The number of hydrogen-bond donors (Lipinski definition) is 3. The summed E-state index contributed by atoms with van der Waals surface area (Å²) in [6, 6.07) is 14.8. The van der Waals surface area contributed by atoms with Gasteiger partial charge >= 0.3 is 0 Å². The van der Waals surface area contributed by atoms with Crippen molar-refractivity contribution in [3.8, 4) is 0 Å². The Bertz CT molecular complexity index is 757. The molecule has 3 N–H and O–H groups in total. The highest BCUT2D eigenvalue weighted by Gasteiger charge is 2.16. The molecule has 1 aliphatic heterocycles. The van der Waals surface area contributed by atoms with E-state index in [9.17, 15) is 0 Å². The van der Waals surface area contributed by atoms with Crippen LogP contribution in [0.5, 0.6) is 0 Å². The summed E-state index contributed by atoms with van der Waals surface area (Å²) in [5, 5.41) is 7.34. The summed E-state index contributed by atoms with van der Waals surface area (Å²) in [5.41, 5.74) is 6.24. The predicted octanol–water partition coefficient (Wildman–Crippen LogP) is 2.21. The number of anilines is 1. The summed E-state index contributed by atoms with van der Waals surface area (Å²) in [6.45, 7) is 9.87. The van der Waals surface area contributed by atoms with Gasteiger partial charge in [-0.05, 0) is 48.8 Å². The molecule has 0 saturated carbocycles. The van der Waals surface area contributed by atoms with Crippen LogP contribution in [-0.4, -0.2) is 31.4 Å². The summed E-state index contributed by atoms with van der Waals surface area (Å²) in [6.07, 6.45) is 0. The van der Waals surface area contributed by atoms with Gasteiger partial charge in [0.05, 0.1) is 13.2 Å². The first-order chi connectivity index (χ1) is 12.6. The van der Waals surface area contributed by atoms with Crippen molar-refractivity contribution in [2.45, 2.75) is 26.9 Å². The summed E-state index contributed by atoms with van der Waals surface area (Å²) < 4.78 is 5.46. The van der Waals surface area contributed by atoms with E-state index in [1.54, 1.807) is 4.90 Å². The topological polar surface area (TPSA) is 37.7 Å². The van der Waals surface area contributed by atoms with E-state index in [1.165, 1.54) is 22.3 Å². The molecule has 3 rings (SSSR count). The second-order valence-electron chi connectivity index (χ2n) is 6.86. The summed E-state index contributed by atoms with van der Waals surface area (Å²) >= 11 is 5.50. The minimum atomic E-state index is 0.659. The van der Waals surface area contributed by atoms with E-state index < -0.39 is 0 Å². The van der Waals surface area contributed by atoms with Crippen molar-refractivity contribution in [2.75, 3.05) is 31.6 Å². The molecule has 2 aromatic rings. The van der Waals surface area contributed by atoms with Crippen LogP contribution in [0.4, 0.5) is 5.69 Å². The van der Waals surface area contributed by atoms with Gasteiger partial charge in [0.15, 0.2) is 5.11 Å². The molecule has 0 bridgehead atoms. The molecule has 138 valence electrons. The normalized spacial score (nSPS) is 14.8. The number of benzene rings is 2. The van der Waals surface area contributed by atoms with E-state index in [4.69, 9.17) is 17.0 Å². The SMILES string of the molecule is Cc1cccc(NC(=S)NCc2ccccc2C[NH+]2CCOCC2)c1C. The Labute approximate surface area is 161 Å². The molecule has 0 atom stereocenters. The molecule has 26 heavy (non-hydrogen) atoms. The second-order valence-corrected chi connectivity index (χ2v) is 7.27. The first-order valence-electron chi connectivity index (χ1n) is 9.22. The minimum Gasteiger partial charge on any atom is -0.370 e. The number of ether oxygens (including phenoxy) is 1. The van der Waals surface area contributed by atoms with E-state index in [0.717, 1.165) is 45.1 Å². The number of morpholine rings is 1. The standard InChI is InChI=1S/C21H27N3OS/c1-16-6-5-9-20(17(16)2)23-21(26)22-14-18-7-3-4-8-19(18)15-24-10-12-25-13-11-24/h3-9H,10-15H2,1-2H3,(H2,22,23,26)/p+1. The Hall–Kier alpha value is -1.95. The molecule has 0 aliphatic carbocycles. The number of nitrogens with one attached hydrogen (secondary N) is 3. The highest BCUT2D eigenvalue weighted by Crippen LogP contribution is 2.17. The fraction of sp³-hybridized carbons (Fsp3) is 0.381. The number of aryl methyl sites for hydroxylation is 1. The monoisotopic (exact) mass is 370 g/mol. The molecule has 0 unspecified atom stereocenters. The summed E-state index contributed by atoms with van der Waals surface area (Å²) in [7, 11) is 0. The van der Waals surface area contributed by atoms with Crippen LogP contribution >= 0.6 is 12.2 Å². The lowest BCUT2D eigenvalue weighted by Crippen LogP contribution is -3.12. The molecule has 1 saturated heterocycles. The van der Waals surface area contributed by atoms with Crippen molar-refractivity contribution < 1.29 is 9.64 Å². The lowest BCUT2D eigenvalue weighted by molar-refractivity contribution is -0.921. The highest BCUT2D eigenvalue weighted by molar-refractivity contribution is 7.80. The quantitative estimate of drug-likeness (QED) is 0.706. The van der Waals surface area contributed by atoms with Gasteiger partial charge in [0.25, 0.3) is 0 Å². The summed E-state index contributed by atoms with van der Waals surface area (Å²) in [4.78, 5) is 1.58. The van der Waals surface area contributed by atoms with Crippen LogP contribution in [0, 0.1) is 13.8 Å². The minimum absolute atomic E-state index is 0.659. The molecule has 2 aromatic carbocycles. The van der Waals surface area contributed by atoms with Crippen LogP contribution < -0.4 is 15.5 Å². The average molecular weight is 371 g/mol. The molecule has 0 spiro atoms. The fourth-order valence-corrected chi connectivity index (χ4v) is 3.42. The zero-order valence-electron chi connectivity index (χ0n) is 15.6. The lowest BCUT2D eigenvalue weighted by Gasteiger charge is -2.24. The molecule has 5 heteroatoms. The van der Waals surface area contributed by atoms with Crippen molar-refractivity contribution in [3.05, 3.63) is 64.7 Å². The smallest absolute Gasteiger partial charge is 0.171 e. The van der Waals surface area contributed by atoms with Gasteiger partial charge in [0.1, 0.15) is 19.6 Å². The van der Waals surface area contributed by atoms with E-state index in [0.29, 0.717) is 5.11 Å².